The number of nitrogens with zero attached hydrogens (tertiary/aromatic N) is 2. The molecule has 5 rings (SSSR count). The number of aromatic nitrogens is 1. The van der Waals surface area contributed by atoms with Crippen molar-refractivity contribution in [3.8, 4) is 22.8 Å². The molecule has 228 valence electrons. The van der Waals surface area contributed by atoms with E-state index in [-0.39, 0.29) is 17.4 Å². The van der Waals surface area contributed by atoms with E-state index in [0.29, 0.717) is 29.2 Å². The van der Waals surface area contributed by atoms with E-state index in [1.807, 2.05) is 47.8 Å². The predicted octanol–water partition coefficient (Wildman–Crippen LogP) is 7.53. The Labute approximate surface area is 267 Å². The number of rotatable bonds is 12. The van der Waals surface area contributed by atoms with Crippen molar-refractivity contribution in [1.82, 2.24) is 10.4 Å². The fraction of sp³-hybridized carbons (Fsp3) is 0.0909. The second-order valence-electron chi connectivity index (χ2n) is 9.41. The van der Waals surface area contributed by atoms with Gasteiger partial charge >= 0.3 is 0 Å². The molecule has 0 aliphatic rings. The number of ether oxygens (including phenoxy) is 2. The molecule has 0 unspecified atom stereocenters. The van der Waals surface area contributed by atoms with Crippen LogP contribution in [0, 0.1) is 5.82 Å². The minimum Gasteiger partial charge on any atom is -0.490 e. The lowest BCUT2D eigenvalue weighted by Crippen LogP contribution is -2.20. The Hall–Kier alpha value is -5.26. The first-order chi connectivity index (χ1) is 21.9. The molecule has 12 heteroatoms. The summed E-state index contributed by atoms with van der Waals surface area (Å²) in [6, 6.07) is 25.4. The van der Waals surface area contributed by atoms with Gasteiger partial charge in [-0.1, -0.05) is 41.9 Å². The topological polar surface area (TPSA) is 114 Å². The summed E-state index contributed by atoms with van der Waals surface area (Å²) in [4.78, 5) is 29.6. The summed E-state index contributed by atoms with van der Waals surface area (Å²) in [5.41, 5.74) is 6.51. The summed E-state index contributed by atoms with van der Waals surface area (Å²) in [7, 11) is 0. The van der Waals surface area contributed by atoms with Crippen molar-refractivity contribution in [1.29, 1.82) is 0 Å². The quantitative estimate of drug-likeness (QED) is 0.0957. The van der Waals surface area contributed by atoms with Gasteiger partial charge in [0.1, 0.15) is 5.82 Å². The molecule has 0 spiro atoms. The van der Waals surface area contributed by atoms with Crippen molar-refractivity contribution in [2.45, 2.75) is 6.92 Å². The van der Waals surface area contributed by atoms with E-state index in [1.165, 1.54) is 41.8 Å². The van der Waals surface area contributed by atoms with E-state index < -0.39 is 17.6 Å². The summed E-state index contributed by atoms with van der Waals surface area (Å²) in [5.74, 6) is -0.790. The van der Waals surface area contributed by atoms with E-state index in [2.05, 4.69) is 26.1 Å². The summed E-state index contributed by atoms with van der Waals surface area (Å²) in [6.45, 7) is 1.75. The summed E-state index contributed by atoms with van der Waals surface area (Å²) in [5, 5.41) is 12.8. The molecule has 45 heavy (non-hydrogen) atoms. The number of halogens is 2. The first-order valence-electron chi connectivity index (χ1n) is 13.7. The van der Waals surface area contributed by atoms with Gasteiger partial charge in [0, 0.05) is 27.9 Å². The summed E-state index contributed by atoms with van der Waals surface area (Å²) < 4.78 is 24.4. The second-order valence-corrected chi connectivity index (χ2v) is 10.7. The second kappa shape index (κ2) is 15.0. The Morgan fingerprint density at radius 1 is 0.978 bits per heavy atom. The monoisotopic (exact) mass is 643 g/mol. The molecule has 0 atom stereocenters. The van der Waals surface area contributed by atoms with Crippen LogP contribution in [0.15, 0.2) is 101 Å². The van der Waals surface area contributed by atoms with Crippen molar-refractivity contribution in [3.05, 3.63) is 118 Å². The number of nitrogens with one attached hydrogen (secondary N) is 3. The van der Waals surface area contributed by atoms with Gasteiger partial charge in [-0.25, -0.2) is 14.8 Å². The highest BCUT2D eigenvalue weighted by Gasteiger charge is 2.15. The number of benzene rings is 4. The lowest BCUT2D eigenvalue weighted by atomic mass is 10.1. The van der Waals surface area contributed by atoms with Crippen LogP contribution in [-0.2, 0) is 4.79 Å². The molecular formula is C33H27ClFN5O4S. The van der Waals surface area contributed by atoms with E-state index in [1.54, 1.807) is 31.2 Å². The number of hydrogen-bond donors (Lipinski definition) is 3. The lowest BCUT2D eigenvalue weighted by Gasteiger charge is -2.14. The fourth-order valence-electron chi connectivity index (χ4n) is 4.06. The van der Waals surface area contributed by atoms with Crippen LogP contribution in [0.3, 0.4) is 0 Å². The normalized spacial score (nSPS) is 10.8. The van der Waals surface area contributed by atoms with E-state index >= 15 is 0 Å². The molecule has 0 saturated carbocycles. The summed E-state index contributed by atoms with van der Waals surface area (Å²) >= 11 is 7.93. The highest BCUT2D eigenvalue weighted by Crippen LogP contribution is 2.36. The molecule has 1 heterocycles. The standard InChI is InChI=1S/C33H27ClFN5O4S/c1-2-43-29-17-21(16-27(34)31(29)44-19-30(41)37-26-14-12-24(35)13-15-26)18-36-40-32(42)23-10-8-22(9-11-23)28-20-45-33(39-28)38-25-6-4-3-5-7-25/h3-18,20H,2,19H2,1H3,(H,37,41)(H,38,39)(H,40,42)/b36-18+. The van der Waals surface area contributed by atoms with Gasteiger partial charge in [-0.3, -0.25) is 9.59 Å². The van der Waals surface area contributed by atoms with Crippen molar-refractivity contribution in [3.63, 3.8) is 0 Å². The molecule has 9 nitrogen and oxygen atoms in total. The number of amides is 2. The molecule has 0 saturated heterocycles. The Kier molecular flexibility index (Phi) is 10.4. The number of hydrogen-bond acceptors (Lipinski definition) is 8. The molecular weight excluding hydrogens is 617 g/mol. The predicted molar refractivity (Wildman–Crippen MR) is 175 cm³/mol. The molecule has 3 N–H and O–H groups in total. The molecule has 2 amide bonds. The molecule has 5 aromatic rings. The molecule has 4 aromatic carbocycles. The highest BCUT2D eigenvalue weighted by atomic mass is 35.5. The van der Waals surface area contributed by atoms with Crippen LogP contribution in [0.4, 0.5) is 20.9 Å². The summed E-state index contributed by atoms with van der Waals surface area (Å²) in [6.07, 6.45) is 1.42. The Morgan fingerprint density at radius 2 is 1.73 bits per heavy atom. The van der Waals surface area contributed by atoms with Crippen LogP contribution in [0.1, 0.15) is 22.8 Å². The average Bonchev–Trinajstić information content (AvgIpc) is 3.51. The van der Waals surface area contributed by atoms with Crippen LogP contribution in [0.25, 0.3) is 11.3 Å². The minimum absolute atomic E-state index is 0.178. The maximum absolute atomic E-state index is 13.1. The van der Waals surface area contributed by atoms with Gasteiger partial charge in [-0.15, -0.1) is 11.3 Å². The van der Waals surface area contributed by atoms with Crippen LogP contribution in [-0.4, -0.2) is 36.2 Å². The van der Waals surface area contributed by atoms with Gasteiger partial charge < -0.3 is 20.1 Å². The van der Waals surface area contributed by atoms with Crippen molar-refractivity contribution < 1.29 is 23.5 Å². The number of para-hydroxylation sites is 1. The van der Waals surface area contributed by atoms with Crippen LogP contribution >= 0.6 is 22.9 Å². The van der Waals surface area contributed by atoms with Gasteiger partial charge in [0.15, 0.2) is 23.2 Å². The number of anilines is 3. The smallest absolute Gasteiger partial charge is 0.271 e. The van der Waals surface area contributed by atoms with Crippen molar-refractivity contribution in [2.75, 3.05) is 23.8 Å². The maximum Gasteiger partial charge on any atom is 0.271 e. The third-order valence-electron chi connectivity index (χ3n) is 6.16. The number of carbonyl (C=O) groups excluding carboxylic acids is 2. The average molecular weight is 644 g/mol. The SMILES string of the molecule is CCOc1cc(/C=N/NC(=O)c2ccc(-c3csc(Nc4ccccc4)n3)cc2)cc(Cl)c1OCC(=O)Nc1ccc(F)cc1. The first-order valence-corrected chi connectivity index (χ1v) is 15.0. The largest absolute Gasteiger partial charge is 0.490 e. The fourth-order valence-corrected chi connectivity index (χ4v) is 5.08. The first kappa shape index (κ1) is 31.2. The maximum atomic E-state index is 13.1. The molecule has 1 aromatic heterocycles. The van der Waals surface area contributed by atoms with Crippen molar-refractivity contribution in [2.24, 2.45) is 5.10 Å². The lowest BCUT2D eigenvalue weighted by molar-refractivity contribution is -0.118. The number of thiazole rings is 1. The molecule has 0 aliphatic heterocycles. The van der Waals surface area contributed by atoms with Crippen molar-refractivity contribution >= 4 is 57.5 Å². The zero-order valence-corrected chi connectivity index (χ0v) is 25.5. The van der Waals surface area contributed by atoms with Gasteiger partial charge in [-0.2, -0.15) is 5.10 Å². The van der Waals surface area contributed by atoms with E-state index in [0.717, 1.165) is 22.1 Å². The van der Waals surface area contributed by atoms with Gasteiger partial charge in [0.25, 0.3) is 11.8 Å². The van der Waals surface area contributed by atoms with Gasteiger partial charge in [-0.05, 0) is 73.2 Å². The zero-order chi connectivity index (χ0) is 31.6. The highest BCUT2D eigenvalue weighted by molar-refractivity contribution is 7.14. The van der Waals surface area contributed by atoms with Gasteiger partial charge in [0.2, 0.25) is 0 Å². The zero-order valence-electron chi connectivity index (χ0n) is 23.9. The van der Waals surface area contributed by atoms with E-state index in [9.17, 15) is 14.0 Å². The Morgan fingerprint density at radius 3 is 2.47 bits per heavy atom. The van der Waals surface area contributed by atoms with Crippen LogP contribution < -0.4 is 25.5 Å². The third kappa shape index (κ3) is 8.65. The molecule has 0 fully saturated rings. The Bertz CT molecular complexity index is 1800. The molecule has 0 aliphatic carbocycles. The molecule has 0 bridgehead atoms. The number of hydrazone groups is 1. The Balaban J connectivity index is 1.17. The number of carbonyl (C=O) groups is 2. The van der Waals surface area contributed by atoms with Crippen LogP contribution in [0.2, 0.25) is 5.02 Å². The van der Waals surface area contributed by atoms with Crippen LogP contribution in [0.5, 0.6) is 11.5 Å². The minimum atomic E-state index is -0.460. The molecule has 0 radical (unpaired) electrons. The van der Waals surface area contributed by atoms with E-state index in [4.69, 9.17) is 21.1 Å². The van der Waals surface area contributed by atoms with Gasteiger partial charge in [0.05, 0.1) is 23.5 Å². The third-order valence-corrected chi connectivity index (χ3v) is 7.20.